The standard InChI is InChI=1S/C17H12ClNO5S/c18-14-9-15(12-6-1-2-7-13(12)16(14)20)19-25(23,24)11-5-3-4-10(8-11)17(21)22/h1-9,19-20H,(H,21,22). The smallest absolute Gasteiger partial charge is 0.335 e. The highest BCUT2D eigenvalue weighted by Crippen LogP contribution is 2.38. The molecule has 0 atom stereocenters. The van der Waals surface area contributed by atoms with Crippen molar-refractivity contribution in [1.82, 2.24) is 0 Å². The van der Waals surface area contributed by atoms with Crippen LogP contribution in [0.3, 0.4) is 0 Å². The Morgan fingerprint density at radius 2 is 1.68 bits per heavy atom. The molecule has 3 rings (SSSR count). The molecule has 3 N–H and O–H groups in total. The lowest BCUT2D eigenvalue weighted by Crippen LogP contribution is -2.14. The number of phenolic OH excluding ortho intramolecular Hbond substituents is 1. The molecule has 0 aliphatic rings. The molecule has 0 aromatic heterocycles. The second-order valence-electron chi connectivity index (χ2n) is 5.24. The Hall–Kier alpha value is -2.77. The number of anilines is 1. The summed E-state index contributed by atoms with van der Waals surface area (Å²) in [4.78, 5) is 10.8. The van der Waals surface area contributed by atoms with Gasteiger partial charge in [-0.15, -0.1) is 0 Å². The van der Waals surface area contributed by atoms with Gasteiger partial charge in [-0.25, -0.2) is 13.2 Å². The number of phenols is 1. The Bertz CT molecular complexity index is 1100. The topological polar surface area (TPSA) is 104 Å². The first-order chi connectivity index (χ1) is 11.8. The van der Waals surface area contributed by atoms with Crippen LogP contribution < -0.4 is 4.72 Å². The first-order valence-corrected chi connectivity index (χ1v) is 8.92. The number of carbonyl (C=O) groups is 1. The maximum Gasteiger partial charge on any atom is 0.335 e. The summed E-state index contributed by atoms with van der Waals surface area (Å²) in [6.07, 6.45) is 0. The van der Waals surface area contributed by atoms with Crippen LogP contribution in [0.5, 0.6) is 5.75 Å². The van der Waals surface area contributed by atoms with Gasteiger partial charge in [-0.05, 0) is 24.3 Å². The number of rotatable bonds is 4. The molecule has 0 aliphatic carbocycles. The molecule has 3 aromatic rings. The van der Waals surface area contributed by atoms with Crippen LogP contribution in [-0.2, 0) is 10.0 Å². The molecule has 3 aromatic carbocycles. The molecule has 6 nitrogen and oxygen atoms in total. The monoisotopic (exact) mass is 377 g/mol. The minimum atomic E-state index is -4.04. The zero-order chi connectivity index (χ0) is 18.2. The predicted molar refractivity (Wildman–Crippen MR) is 94.8 cm³/mol. The number of nitrogens with one attached hydrogen (secondary N) is 1. The molecule has 0 radical (unpaired) electrons. The van der Waals surface area contributed by atoms with Gasteiger partial charge in [-0.1, -0.05) is 41.9 Å². The zero-order valence-electron chi connectivity index (χ0n) is 12.6. The Labute approximate surface area is 148 Å². The lowest BCUT2D eigenvalue weighted by Gasteiger charge is -2.13. The highest BCUT2D eigenvalue weighted by atomic mass is 35.5. The highest BCUT2D eigenvalue weighted by molar-refractivity contribution is 7.92. The third-order valence-corrected chi connectivity index (χ3v) is 5.26. The van der Waals surface area contributed by atoms with Crippen LogP contribution in [0.1, 0.15) is 10.4 Å². The van der Waals surface area contributed by atoms with E-state index in [9.17, 15) is 18.3 Å². The molecule has 128 valence electrons. The minimum Gasteiger partial charge on any atom is -0.506 e. The van der Waals surface area contributed by atoms with Gasteiger partial charge < -0.3 is 10.2 Å². The van der Waals surface area contributed by atoms with Crippen molar-refractivity contribution in [1.29, 1.82) is 0 Å². The molecule has 25 heavy (non-hydrogen) atoms. The van der Waals surface area contributed by atoms with Crippen molar-refractivity contribution in [2.45, 2.75) is 4.90 Å². The molecule has 0 amide bonds. The molecule has 0 heterocycles. The fraction of sp³-hybridized carbons (Fsp3) is 0. The van der Waals surface area contributed by atoms with E-state index in [1.165, 1.54) is 24.3 Å². The molecular weight excluding hydrogens is 366 g/mol. The summed E-state index contributed by atoms with van der Waals surface area (Å²) in [5.74, 6) is -1.37. The van der Waals surface area contributed by atoms with Crippen molar-refractivity contribution >= 4 is 44.1 Å². The van der Waals surface area contributed by atoms with Crippen molar-refractivity contribution in [3.8, 4) is 5.75 Å². The van der Waals surface area contributed by atoms with E-state index in [0.29, 0.717) is 10.8 Å². The number of benzene rings is 3. The van der Waals surface area contributed by atoms with Crippen molar-refractivity contribution in [3.05, 3.63) is 65.2 Å². The van der Waals surface area contributed by atoms with Crippen LogP contribution in [0.15, 0.2) is 59.5 Å². The van der Waals surface area contributed by atoms with E-state index in [2.05, 4.69) is 4.72 Å². The van der Waals surface area contributed by atoms with Crippen LogP contribution in [0.4, 0.5) is 5.69 Å². The van der Waals surface area contributed by atoms with Gasteiger partial charge in [0.05, 0.1) is 21.2 Å². The largest absolute Gasteiger partial charge is 0.506 e. The number of sulfonamides is 1. The van der Waals surface area contributed by atoms with E-state index in [1.807, 2.05) is 0 Å². The van der Waals surface area contributed by atoms with Gasteiger partial charge in [-0.2, -0.15) is 0 Å². The first kappa shape index (κ1) is 17.1. The number of carboxylic acid groups (broad SMARTS) is 1. The average molecular weight is 378 g/mol. The maximum atomic E-state index is 12.6. The number of hydrogen-bond donors (Lipinski definition) is 3. The van der Waals surface area contributed by atoms with Crippen molar-refractivity contribution < 1.29 is 23.4 Å². The Balaban J connectivity index is 2.11. The molecule has 0 spiro atoms. The van der Waals surface area contributed by atoms with Crippen LogP contribution >= 0.6 is 11.6 Å². The molecule has 0 saturated heterocycles. The van der Waals surface area contributed by atoms with Gasteiger partial charge >= 0.3 is 5.97 Å². The van der Waals surface area contributed by atoms with Gasteiger partial charge in [0, 0.05) is 10.8 Å². The number of carboxylic acids is 1. The van der Waals surface area contributed by atoms with E-state index >= 15 is 0 Å². The summed E-state index contributed by atoms with van der Waals surface area (Å²) < 4.78 is 27.6. The van der Waals surface area contributed by atoms with E-state index in [4.69, 9.17) is 16.7 Å². The maximum absolute atomic E-state index is 12.6. The van der Waals surface area contributed by atoms with Gasteiger partial charge in [0.15, 0.2) is 0 Å². The van der Waals surface area contributed by atoms with Gasteiger partial charge in [0.1, 0.15) is 5.75 Å². The van der Waals surface area contributed by atoms with Crippen molar-refractivity contribution in [3.63, 3.8) is 0 Å². The summed E-state index contributed by atoms with van der Waals surface area (Å²) in [6.45, 7) is 0. The Morgan fingerprint density at radius 1 is 1.00 bits per heavy atom. The predicted octanol–water partition coefficient (Wildman–Crippen LogP) is 3.70. The van der Waals surface area contributed by atoms with Crippen LogP contribution in [0.25, 0.3) is 10.8 Å². The second-order valence-corrected chi connectivity index (χ2v) is 7.33. The lowest BCUT2D eigenvalue weighted by molar-refractivity contribution is 0.0696. The fourth-order valence-electron chi connectivity index (χ4n) is 2.41. The summed E-state index contributed by atoms with van der Waals surface area (Å²) >= 11 is 5.97. The molecule has 0 saturated carbocycles. The summed E-state index contributed by atoms with van der Waals surface area (Å²) in [5, 5.41) is 19.9. The van der Waals surface area contributed by atoms with Gasteiger partial charge in [-0.3, -0.25) is 4.72 Å². The third kappa shape index (κ3) is 3.24. The number of hydrogen-bond acceptors (Lipinski definition) is 4. The fourth-order valence-corrected chi connectivity index (χ4v) is 3.74. The normalized spacial score (nSPS) is 11.4. The number of fused-ring (bicyclic) bond motifs is 1. The van der Waals surface area contributed by atoms with Crippen LogP contribution in [0, 0.1) is 0 Å². The lowest BCUT2D eigenvalue weighted by atomic mass is 10.1. The Kier molecular flexibility index (Phi) is 4.28. The van der Waals surface area contributed by atoms with E-state index in [1.54, 1.807) is 24.3 Å². The molecule has 8 heteroatoms. The second kappa shape index (κ2) is 6.27. The molecular formula is C17H12ClNO5S. The summed E-state index contributed by atoms with van der Waals surface area (Å²) in [7, 11) is -4.04. The van der Waals surface area contributed by atoms with E-state index < -0.39 is 16.0 Å². The Morgan fingerprint density at radius 3 is 2.36 bits per heavy atom. The zero-order valence-corrected chi connectivity index (χ0v) is 14.2. The molecule has 0 bridgehead atoms. The van der Waals surface area contributed by atoms with Crippen molar-refractivity contribution in [2.75, 3.05) is 4.72 Å². The number of halogens is 1. The quantitative estimate of drug-likeness (QED) is 0.601. The summed E-state index contributed by atoms with van der Waals surface area (Å²) in [5.41, 5.74) is 0.0376. The molecule has 0 aliphatic heterocycles. The SMILES string of the molecule is O=C(O)c1cccc(S(=O)(=O)Nc2cc(Cl)c(O)c3ccccc23)c1. The number of aromatic hydroxyl groups is 1. The van der Waals surface area contributed by atoms with E-state index in [0.717, 1.165) is 6.07 Å². The van der Waals surface area contributed by atoms with Crippen LogP contribution in [-0.4, -0.2) is 24.6 Å². The van der Waals surface area contributed by atoms with Gasteiger partial charge in [0.25, 0.3) is 10.0 Å². The molecule has 0 unspecified atom stereocenters. The van der Waals surface area contributed by atoms with Gasteiger partial charge in [0.2, 0.25) is 0 Å². The minimum absolute atomic E-state index is 0.00399. The van der Waals surface area contributed by atoms with Crippen molar-refractivity contribution in [2.24, 2.45) is 0 Å². The number of aromatic carboxylic acids is 1. The van der Waals surface area contributed by atoms with E-state index in [-0.39, 0.29) is 26.9 Å². The average Bonchev–Trinajstić information content (AvgIpc) is 2.59. The highest BCUT2D eigenvalue weighted by Gasteiger charge is 2.19. The third-order valence-electron chi connectivity index (χ3n) is 3.61. The summed E-state index contributed by atoms with van der Waals surface area (Å²) in [6, 6.07) is 12.9. The first-order valence-electron chi connectivity index (χ1n) is 7.06. The van der Waals surface area contributed by atoms with Crippen LogP contribution in [0.2, 0.25) is 5.02 Å². The molecule has 0 fully saturated rings.